The Morgan fingerprint density at radius 2 is 1.65 bits per heavy atom. The van der Waals surface area contributed by atoms with Crippen molar-refractivity contribution in [2.75, 3.05) is 5.32 Å². The Morgan fingerprint density at radius 3 is 2.48 bits per heavy atom. The summed E-state index contributed by atoms with van der Waals surface area (Å²) in [5.74, 6) is -1.97. The number of anilines is 2. The first-order valence-corrected chi connectivity index (χ1v) is 12.4. The summed E-state index contributed by atoms with van der Waals surface area (Å²) in [7, 11) is 0. The number of rotatable bonds is 8. The molecule has 0 aliphatic carbocycles. The molecule has 3 aromatic carbocycles. The third kappa shape index (κ3) is 5.87. The number of aromatic nitrogens is 1. The fraction of sp³-hybridized carbons (Fsp3) is 0.207. The molecule has 0 saturated carbocycles. The van der Waals surface area contributed by atoms with Crippen LogP contribution in [0.4, 0.5) is 11.4 Å². The lowest BCUT2D eigenvalue weighted by Crippen LogP contribution is -2.60. The van der Waals surface area contributed by atoms with Crippen molar-refractivity contribution in [1.82, 2.24) is 4.98 Å². The van der Waals surface area contributed by atoms with E-state index in [0.29, 0.717) is 17.1 Å². The quantitative estimate of drug-likeness (QED) is 0.206. The highest BCUT2D eigenvalue weighted by molar-refractivity contribution is 5.96. The number of carboxylic acids is 1. The predicted octanol–water partition coefficient (Wildman–Crippen LogP) is 2.61. The maximum atomic E-state index is 13.0. The van der Waals surface area contributed by atoms with Crippen LogP contribution < -0.4 is 10.1 Å². The van der Waals surface area contributed by atoms with E-state index in [1.54, 1.807) is 42.5 Å². The standard InChI is InChI=1S/C29H26N2O9/c32-23-24(33)26(27(35)36)39-29(25(23)34)40-28(37)20-9-2-4-11-22(20)30-17-7-5-8-19(14-17)38-15-18-13-12-16-6-1-3-10-21(16)31-18/h1-14,23-26,29-30,32-34H,15H2,(H,35,36). The fourth-order valence-electron chi connectivity index (χ4n) is 4.25. The minimum atomic E-state index is -1.90. The number of fused-ring (bicyclic) bond motifs is 1. The van der Waals surface area contributed by atoms with E-state index in [2.05, 4.69) is 10.3 Å². The SMILES string of the molecule is O=C(OC1OC(C(=O)O)C(O)C(O)C1O)c1ccccc1Nc1cccc(OCc2ccc3ccccc3n2)c1. The zero-order valence-electron chi connectivity index (χ0n) is 21.0. The molecule has 1 aliphatic rings. The third-order valence-corrected chi connectivity index (χ3v) is 6.34. The van der Waals surface area contributed by atoms with Gasteiger partial charge in [-0.3, -0.25) is 0 Å². The van der Waals surface area contributed by atoms with Gasteiger partial charge in [0.1, 0.15) is 30.7 Å². The predicted molar refractivity (Wildman–Crippen MR) is 142 cm³/mol. The van der Waals surface area contributed by atoms with Gasteiger partial charge in [0.2, 0.25) is 6.29 Å². The minimum Gasteiger partial charge on any atom is -0.487 e. The van der Waals surface area contributed by atoms with Crippen LogP contribution in [0.1, 0.15) is 16.1 Å². The molecule has 5 rings (SSSR count). The molecule has 1 saturated heterocycles. The minimum absolute atomic E-state index is 0.0532. The number of aliphatic hydroxyl groups excluding tert-OH is 3. The highest BCUT2D eigenvalue weighted by Crippen LogP contribution is 2.28. The Kier molecular flexibility index (Phi) is 7.89. The number of carbonyl (C=O) groups excluding carboxylic acids is 1. The molecule has 5 N–H and O–H groups in total. The number of ether oxygens (including phenoxy) is 3. The van der Waals surface area contributed by atoms with Crippen molar-refractivity contribution in [3.8, 4) is 5.75 Å². The number of hydrogen-bond donors (Lipinski definition) is 5. The summed E-state index contributed by atoms with van der Waals surface area (Å²) in [6.45, 7) is 0.249. The van der Waals surface area contributed by atoms with Gasteiger partial charge in [-0.2, -0.15) is 0 Å². The van der Waals surface area contributed by atoms with Crippen molar-refractivity contribution in [3.05, 3.63) is 96.2 Å². The maximum absolute atomic E-state index is 13.0. The molecular formula is C29H26N2O9. The molecule has 1 fully saturated rings. The van der Waals surface area contributed by atoms with Crippen molar-refractivity contribution in [3.63, 3.8) is 0 Å². The van der Waals surface area contributed by atoms with Crippen molar-refractivity contribution in [1.29, 1.82) is 0 Å². The number of aliphatic hydroxyl groups is 3. The maximum Gasteiger partial charge on any atom is 0.342 e. The smallest absolute Gasteiger partial charge is 0.342 e. The highest BCUT2D eigenvalue weighted by atomic mass is 16.7. The first kappa shape index (κ1) is 27.0. The molecule has 40 heavy (non-hydrogen) atoms. The number of nitrogens with one attached hydrogen (secondary N) is 1. The second kappa shape index (κ2) is 11.7. The van der Waals surface area contributed by atoms with E-state index in [1.807, 2.05) is 36.4 Å². The summed E-state index contributed by atoms with van der Waals surface area (Å²) in [6, 6.07) is 25.1. The van der Waals surface area contributed by atoms with E-state index < -0.39 is 42.6 Å². The average molecular weight is 547 g/mol. The average Bonchev–Trinajstić information content (AvgIpc) is 2.96. The number of carboxylic acid groups (broad SMARTS) is 1. The van der Waals surface area contributed by atoms with E-state index in [4.69, 9.17) is 14.2 Å². The van der Waals surface area contributed by atoms with Gasteiger partial charge in [0.25, 0.3) is 0 Å². The largest absolute Gasteiger partial charge is 0.487 e. The van der Waals surface area contributed by atoms with Gasteiger partial charge in [-0.05, 0) is 36.4 Å². The van der Waals surface area contributed by atoms with Gasteiger partial charge >= 0.3 is 11.9 Å². The number of benzene rings is 3. The zero-order valence-corrected chi connectivity index (χ0v) is 21.0. The van der Waals surface area contributed by atoms with Crippen LogP contribution in [-0.4, -0.2) is 68.1 Å². The van der Waals surface area contributed by atoms with Crippen molar-refractivity contribution in [2.45, 2.75) is 37.3 Å². The molecule has 0 spiro atoms. The van der Waals surface area contributed by atoms with E-state index in [-0.39, 0.29) is 12.2 Å². The molecule has 1 aliphatic heterocycles. The van der Waals surface area contributed by atoms with Gasteiger partial charge in [-0.25, -0.2) is 14.6 Å². The molecular weight excluding hydrogens is 520 g/mol. The Balaban J connectivity index is 1.27. The number of esters is 1. The van der Waals surface area contributed by atoms with Crippen molar-refractivity contribution in [2.24, 2.45) is 0 Å². The van der Waals surface area contributed by atoms with Crippen LogP contribution in [0.3, 0.4) is 0 Å². The van der Waals surface area contributed by atoms with E-state index in [0.717, 1.165) is 16.6 Å². The van der Waals surface area contributed by atoms with Crippen molar-refractivity contribution >= 4 is 34.2 Å². The number of nitrogens with zero attached hydrogens (tertiary/aromatic N) is 1. The summed E-state index contributed by atoms with van der Waals surface area (Å²) < 4.78 is 16.2. The number of pyridine rings is 1. The van der Waals surface area contributed by atoms with Crippen molar-refractivity contribution < 1.29 is 44.2 Å². The summed E-state index contributed by atoms with van der Waals surface area (Å²) in [5.41, 5.74) is 2.64. The monoisotopic (exact) mass is 546 g/mol. The summed E-state index contributed by atoms with van der Waals surface area (Å²) in [4.78, 5) is 28.9. The van der Waals surface area contributed by atoms with Gasteiger partial charge in [-0.15, -0.1) is 0 Å². The lowest BCUT2D eigenvalue weighted by atomic mass is 9.99. The molecule has 5 unspecified atom stereocenters. The van der Waals surface area contributed by atoms with Crippen LogP contribution in [0.25, 0.3) is 10.9 Å². The Labute approximate surface area is 228 Å². The molecule has 206 valence electrons. The number of para-hydroxylation sites is 2. The summed E-state index contributed by atoms with van der Waals surface area (Å²) in [5, 5.41) is 43.4. The molecule has 0 amide bonds. The molecule has 11 heteroatoms. The van der Waals surface area contributed by atoms with Crippen LogP contribution in [0.5, 0.6) is 5.75 Å². The number of carbonyl (C=O) groups is 2. The molecule has 0 bridgehead atoms. The third-order valence-electron chi connectivity index (χ3n) is 6.34. The molecule has 0 radical (unpaired) electrons. The first-order valence-electron chi connectivity index (χ1n) is 12.4. The number of aliphatic carboxylic acids is 1. The summed E-state index contributed by atoms with van der Waals surface area (Å²) in [6.07, 6.45) is -9.37. The van der Waals surface area contributed by atoms with Crippen LogP contribution in [0.15, 0.2) is 84.9 Å². The van der Waals surface area contributed by atoms with Gasteiger partial charge < -0.3 is 40.0 Å². The lowest BCUT2D eigenvalue weighted by molar-refractivity contribution is -0.278. The topological polar surface area (TPSA) is 168 Å². The first-order chi connectivity index (χ1) is 19.3. The van der Waals surface area contributed by atoms with Crippen LogP contribution >= 0.6 is 0 Å². The zero-order chi connectivity index (χ0) is 28.2. The Bertz CT molecular complexity index is 1530. The van der Waals surface area contributed by atoms with Crippen LogP contribution in [0, 0.1) is 0 Å². The van der Waals surface area contributed by atoms with Gasteiger partial charge in [0.15, 0.2) is 6.10 Å². The van der Waals surface area contributed by atoms with E-state index >= 15 is 0 Å². The van der Waals surface area contributed by atoms with Crippen LogP contribution in [0.2, 0.25) is 0 Å². The fourth-order valence-corrected chi connectivity index (χ4v) is 4.25. The normalized spacial score (nSPS) is 22.4. The Hall–Kier alpha value is -4.55. The van der Waals surface area contributed by atoms with E-state index in [1.165, 1.54) is 6.07 Å². The summed E-state index contributed by atoms with van der Waals surface area (Å²) >= 11 is 0. The molecule has 11 nitrogen and oxygen atoms in total. The second-order valence-corrected chi connectivity index (χ2v) is 9.12. The number of hydrogen-bond acceptors (Lipinski definition) is 10. The molecule has 4 aromatic rings. The van der Waals surface area contributed by atoms with Gasteiger partial charge in [0, 0.05) is 17.1 Å². The van der Waals surface area contributed by atoms with Crippen LogP contribution in [-0.2, 0) is 20.9 Å². The molecule has 2 heterocycles. The molecule has 1 aromatic heterocycles. The molecule has 5 atom stereocenters. The second-order valence-electron chi connectivity index (χ2n) is 9.12. The van der Waals surface area contributed by atoms with E-state index in [9.17, 15) is 30.0 Å². The van der Waals surface area contributed by atoms with Gasteiger partial charge in [0.05, 0.1) is 22.5 Å². The lowest BCUT2D eigenvalue weighted by Gasteiger charge is -2.38. The Morgan fingerprint density at radius 1 is 0.875 bits per heavy atom. The highest BCUT2D eigenvalue weighted by Gasteiger charge is 2.48. The van der Waals surface area contributed by atoms with Gasteiger partial charge in [-0.1, -0.05) is 42.5 Å².